The third kappa shape index (κ3) is 3.96. The quantitative estimate of drug-likeness (QED) is 0.191. The largest absolute Gasteiger partial charge is 0.456 e. The Hall–Kier alpha value is -6.52. The van der Waals surface area contributed by atoms with Gasteiger partial charge >= 0.3 is 0 Å². The molecule has 3 aromatic heterocycles. The van der Waals surface area contributed by atoms with Crippen molar-refractivity contribution in [2.45, 2.75) is 19.3 Å². The van der Waals surface area contributed by atoms with Crippen LogP contribution in [-0.4, -0.2) is 14.5 Å². The van der Waals surface area contributed by atoms with Gasteiger partial charge in [-0.3, -0.25) is 0 Å². The first-order valence-corrected chi connectivity index (χ1v) is 17.5. The summed E-state index contributed by atoms with van der Waals surface area (Å²) in [5.41, 5.74) is 14.4. The Morgan fingerprint density at radius 2 is 1.25 bits per heavy atom. The van der Waals surface area contributed by atoms with Gasteiger partial charge in [0, 0.05) is 49.2 Å². The minimum atomic E-state index is -0.222. The minimum absolute atomic E-state index is 0.222. The van der Waals surface area contributed by atoms with Gasteiger partial charge in [-0.25, -0.2) is 9.97 Å². The fourth-order valence-corrected chi connectivity index (χ4v) is 8.64. The van der Waals surface area contributed by atoms with Gasteiger partial charge in [-0.1, -0.05) is 105 Å². The van der Waals surface area contributed by atoms with Crippen molar-refractivity contribution in [2.75, 3.05) is 0 Å². The molecule has 10 aromatic rings. The molecule has 1 aliphatic carbocycles. The van der Waals surface area contributed by atoms with Crippen molar-refractivity contribution in [3.63, 3.8) is 0 Å². The summed E-state index contributed by atoms with van der Waals surface area (Å²) in [5, 5.41) is 5.94. The highest BCUT2D eigenvalue weighted by Gasteiger charge is 2.39. The maximum atomic E-state index is 6.37. The summed E-state index contributed by atoms with van der Waals surface area (Å²) < 4.78 is 8.77. The molecule has 0 aliphatic heterocycles. The van der Waals surface area contributed by atoms with E-state index in [1.807, 2.05) is 24.3 Å². The number of fused-ring (bicyclic) bond motifs is 11. The second-order valence-corrected chi connectivity index (χ2v) is 14.2. The average Bonchev–Trinajstić information content (AvgIpc) is 3.79. The molecular weight excluding hydrogens is 623 g/mol. The summed E-state index contributed by atoms with van der Waals surface area (Å²) in [6, 6.07) is 53.8. The van der Waals surface area contributed by atoms with Gasteiger partial charge in [0.25, 0.3) is 0 Å². The van der Waals surface area contributed by atoms with Gasteiger partial charge in [0.05, 0.1) is 22.2 Å². The van der Waals surface area contributed by atoms with E-state index in [1.54, 1.807) is 0 Å². The molecule has 0 saturated heterocycles. The van der Waals surface area contributed by atoms with Gasteiger partial charge in [-0.2, -0.15) is 0 Å². The van der Waals surface area contributed by atoms with Gasteiger partial charge in [0.2, 0.25) is 0 Å². The Labute approximate surface area is 294 Å². The van der Waals surface area contributed by atoms with Crippen molar-refractivity contribution in [1.82, 2.24) is 14.5 Å². The Morgan fingerprint density at radius 3 is 2.10 bits per heavy atom. The first kappa shape index (κ1) is 28.3. The van der Waals surface area contributed by atoms with E-state index in [0.29, 0.717) is 0 Å². The molecular formula is C47H31N3O. The van der Waals surface area contributed by atoms with E-state index in [9.17, 15) is 0 Å². The zero-order valence-electron chi connectivity index (χ0n) is 28.2. The zero-order chi connectivity index (χ0) is 33.8. The molecule has 4 heteroatoms. The van der Waals surface area contributed by atoms with Crippen molar-refractivity contribution in [2.24, 2.45) is 0 Å². The molecule has 7 aromatic carbocycles. The van der Waals surface area contributed by atoms with Crippen molar-refractivity contribution in [3.8, 4) is 39.5 Å². The SMILES string of the molecule is CC1(C)c2cc3oc4ccccc4c3cc2-c2ccc3c(c21)c1ccccc1n3-c1ccc(-c2nc(-c3ccccc3)c3ccccc3n2)cc1. The number of hydrogen-bond donors (Lipinski definition) is 0. The third-order valence-corrected chi connectivity index (χ3v) is 11.0. The van der Waals surface area contributed by atoms with Crippen LogP contribution in [0.2, 0.25) is 0 Å². The van der Waals surface area contributed by atoms with Crippen LogP contribution in [0, 0.1) is 0 Å². The maximum Gasteiger partial charge on any atom is 0.160 e. The topological polar surface area (TPSA) is 43.9 Å². The number of para-hydroxylation sites is 3. The molecule has 4 nitrogen and oxygen atoms in total. The molecule has 240 valence electrons. The predicted octanol–water partition coefficient (Wildman–Crippen LogP) is 12.3. The van der Waals surface area contributed by atoms with Crippen LogP contribution in [0.15, 0.2) is 156 Å². The van der Waals surface area contributed by atoms with Crippen LogP contribution >= 0.6 is 0 Å². The van der Waals surface area contributed by atoms with E-state index in [0.717, 1.165) is 55.8 Å². The highest BCUT2D eigenvalue weighted by atomic mass is 16.3. The first-order valence-electron chi connectivity index (χ1n) is 17.5. The minimum Gasteiger partial charge on any atom is -0.456 e. The molecule has 3 heterocycles. The summed E-state index contributed by atoms with van der Waals surface area (Å²) in [6.45, 7) is 4.72. The third-order valence-electron chi connectivity index (χ3n) is 11.0. The number of nitrogens with zero attached hydrogens (tertiary/aromatic N) is 3. The Bertz CT molecular complexity index is 3040. The summed E-state index contributed by atoms with van der Waals surface area (Å²) in [7, 11) is 0. The van der Waals surface area contributed by atoms with Crippen LogP contribution in [0.5, 0.6) is 0 Å². The van der Waals surface area contributed by atoms with Crippen LogP contribution in [-0.2, 0) is 5.41 Å². The van der Waals surface area contributed by atoms with Crippen molar-refractivity contribution >= 4 is 54.6 Å². The lowest BCUT2D eigenvalue weighted by Crippen LogP contribution is -2.15. The highest BCUT2D eigenvalue weighted by Crippen LogP contribution is 2.54. The van der Waals surface area contributed by atoms with Crippen molar-refractivity contribution < 1.29 is 4.42 Å². The van der Waals surface area contributed by atoms with E-state index in [2.05, 4.69) is 146 Å². The van der Waals surface area contributed by atoms with Crippen LogP contribution in [0.3, 0.4) is 0 Å². The summed E-state index contributed by atoms with van der Waals surface area (Å²) >= 11 is 0. The van der Waals surface area contributed by atoms with E-state index >= 15 is 0 Å². The first-order chi connectivity index (χ1) is 25.0. The predicted molar refractivity (Wildman–Crippen MR) is 210 cm³/mol. The number of furan rings is 1. The van der Waals surface area contributed by atoms with Crippen molar-refractivity contribution in [1.29, 1.82) is 0 Å². The number of benzene rings is 7. The van der Waals surface area contributed by atoms with Gasteiger partial charge in [0.1, 0.15) is 11.2 Å². The summed E-state index contributed by atoms with van der Waals surface area (Å²) in [5.74, 6) is 0.720. The summed E-state index contributed by atoms with van der Waals surface area (Å²) in [6.07, 6.45) is 0. The molecule has 11 rings (SSSR count). The second-order valence-electron chi connectivity index (χ2n) is 14.2. The normalized spacial score (nSPS) is 13.5. The standard InChI is InChI=1S/C47H31N3O/c1-47(2)37-27-42-36(31-14-8-11-19-41(31)51-42)26-35(37)32-24-25-40-43(44(32)47)34-16-7-10-18-39(34)50(40)30-22-20-29(21-23-30)46-48-38-17-9-6-15-33(38)45(49-46)28-12-4-3-5-13-28/h3-27H,1-2H3. The molecule has 0 fully saturated rings. The molecule has 0 N–H and O–H groups in total. The Kier molecular flexibility index (Phi) is 5.70. The van der Waals surface area contributed by atoms with Gasteiger partial charge < -0.3 is 8.98 Å². The smallest absolute Gasteiger partial charge is 0.160 e. The molecule has 51 heavy (non-hydrogen) atoms. The number of hydrogen-bond acceptors (Lipinski definition) is 3. The maximum absolute atomic E-state index is 6.37. The highest BCUT2D eigenvalue weighted by molar-refractivity contribution is 6.15. The number of rotatable bonds is 3. The van der Waals surface area contributed by atoms with Crippen LogP contribution < -0.4 is 0 Å². The molecule has 0 atom stereocenters. The fraction of sp³-hybridized carbons (Fsp3) is 0.0638. The van der Waals surface area contributed by atoms with E-state index < -0.39 is 0 Å². The van der Waals surface area contributed by atoms with E-state index in [1.165, 1.54) is 49.4 Å². The molecule has 0 unspecified atom stereocenters. The van der Waals surface area contributed by atoms with Gasteiger partial charge in [-0.05, 0) is 82.9 Å². The summed E-state index contributed by atoms with van der Waals surface area (Å²) in [4.78, 5) is 10.1. The van der Waals surface area contributed by atoms with Gasteiger partial charge in [0.15, 0.2) is 5.82 Å². The van der Waals surface area contributed by atoms with Crippen LogP contribution in [0.1, 0.15) is 25.0 Å². The molecule has 0 radical (unpaired) electrons. The monoisotopic (exact) mass is 653 g/mol. The molecule has 1 aliphatic rings. The van der Waals surface area contributed by atoms with Gasteiger partial charge in [-0.15, -0.1) is 0 Å². The zero-order valence-corrected chi connectivity index (χ0v) is 28.2. The molecule has 0 saturated carbocycles. The van der Waals surface area contributed by atoms with Crippen LogP contribution in [0.25, 0.3) is 94.1 Å². The second kappa shape index (κ2) is 10.3. The lowest BCUT2D eigenvalue weighted by molar-refractivity contribution is 0.650. The molecule has 0 bridgehead atoms. The fourth-order valence-electron chi connectivity index (χ4n) is 8.64. The van der Waals surface area contributed by atoms with E-state index in [-0.39, 0.29) is 5.41 Å². The lowest BCUT2D eigenvalue weighted by atomic mass is 9.80. The van der Waals surface area contributed by atoms with Crippen LogP contribution in [0.4, 0.5) is 0 Å². The number of aromatic nitrogens is 3. The lowest BCUT2D eigenvalue weighted by Gasteiger charge is -2.22. The van der Waals surface area contributed by atoms with Crippen molar-refractivity contribution in [3.05, 3.63) is 163 Å². The molecule has 0 amide bonds. The Morgan fingerprint density at radius 1 is 0.529 bits per heavy atom. The van der Waals surface area contributed by atoms with E-state index in [4.69, 9.17) is 14.4 Å². The average molecular weight is 654 g/mol. The Balaban J connectivity index is 1.09. The molecule has 0 spiro atoms.